The predicted molar refractivity (Wildman–Crippen MR) is 61.1 cm³/mol. The van der Waals surface area contributed by atoms with Crippen molar-refractivity contribution in [2.24, 2.45) is 5.73 Å². The fourth-order valence-electron chi connectivity index (χ4n) is 1.59. The maximum Gasteiger partial charge on any atom is 0.119 e. The van der Waals surface area contributed by atoms with Crippen LogP contribution in [0, 0.1) is 0 Å². The normalized spacial score (nSPS) is 10.5. The summed E-state index contributed by atoms with van der Waals surface area (Å²) in [5, 5.41) is 1.10. The number of ether oxygens (including phenoxy) is 1. The molecule has 1 aromatic heterocycles. The molecular weight excluding hydrogens is 188 g/mol. The van der Waals surface area contributed by atoms with Gasteiger partial charge in [0.05, 0.1) is 12.6 Å². The van der Waals surface area contributed by atoms with Crippen LogP contribution in [-0.4, -0.2) is 18.6 Å². The molecule has 0 unspecified atom stereocenters. The molecule has 0 spiro atoms. The van der Waals surface area contributed by atoms with E-state index in [4.69, 9.17) is 10.5 Å². The molecular formula is C12H14N2O. The molecule has 0 saturated carbocycles. The molecule has 0 radical (unpaired) electrons. The summed E-state index contributed by atoms with van der Waals surface area (Å²) in [6.45, 7) is 0.650. The Morgan fingerprint density at radius 2 is 2.20 bits per heavy atom. The quantitative estimate of drug-likeness (QED) is 0.824. The van der Waals surface area contributed by atoms with Crippen LogP contribution in [0.1, 0.15) is 5.56 Å². The van der Waals surface area contributed by atoms with Gasteiger partial charge in [-0.2, -0.15) is 0 Å². The first-order valence-corrected chi connectivity index (χ1v) is 4.96. The Morgan fingerprint density at radius 1 is 1.33 bits per heavy atom. The van der Waals surface area contributed by atoms with Gasteiger partial charge in [-0.05, 0) is 42.8 Å². The number of nitrogens with zero attached hydrogens (tertiary/aromatic N) is 1. The molecule has 2 rings (SSSR count). The summed E-state index contributed by atoms with van der Waals surface area (Å²) in [4.78, 5) is 4.36. The number of hydrogen-bond acceptors (Lipinski definition) is 3. The van der Waals surface area contributed by atoms with Gasteiger partial charge in [0.1, 0.15) is 5.75 Å². The molecule has 0 fully saturated rings. The second-order valence-electron chi connectivity index (χ2n) is 3.44. The average Bonchev–Trinajstić information content (AvgIpc) is 2.28. The number of aromatic nitrogens is 1. The van der Waals surface area contributed by atoms with Crippen molar-refractivity contribution in [1.29, 1.82) is 0 Å². The summed E-state index contributed by atoms with van der Waals surface area (Å²) in [5.74, 6) is 0.856. The predicted octanol–water partition coefficient (Wildman–Crippen LogP) is 1.74. The number of benzene rings is 1. The van der Waals surface area contributed by atoms with Crippen molar-refractivity contribution >= 4 is 10.9 Å². The zero-order valence-corrected chi connectivity index (χ0v) is 8.73. The van der Waals surface area contributed by atoms with Crippen LogP contribution in [0.3, 0.4) is 0 Å². The molecule has 0 saturated heterocycles. The van der Waals surface area contributed by atoms with Crippen LogP contribution in [0.15, 0.2) is 30.5 Å². The van der Waals surface area contributed by atoms with Crippen LogP contribution in [0.25, 0.3) is 10.9 Å². The molecule has 0 bridgehead atoms. The number of fused-ring (bicyclic) bond motifs is 1. The topological polar surface area (TPSA) is 48.1 Å². The highest BCUT2D eigenvalue weighted by molar-refractivity contribution is 5.80. The van der Waals surface area contributed by atoms with Crippen molar-refractivity contribution < 1.29 is 4.74 Å². The Bertz CT molecular complexity index is 468. The minimum atomic E-state index is 0.650. The maximum atomic E-state index is 5.51. The zero-order valence-electron chi connectivity index (χ0n) is 8.73. The Labute approximate surface area is 88.9 Å². The smallest absolute Gasteiger partial charge is 0.119 e. The molecule has 2 aromatic rings. The average molecular weight is 202 g/mol. The summed E-state index contributed by atoms with van der Waals surface area (Å²) < 4.78 is 5.17. The van der Waals surface area contributed by atoms with Crippen LogP contribution in [0.2, 0.25) is 0 Å². The summed E-state index contributed by atoms with van der Waals surface area (Å²) in [5.41, 5.74) is 7.66. The molecule has 3 nitrogen and oxygen atoms in total. The number of rotatable bonds is 3. The fraction of sp³-hybridized carbons (Fsp3) is 0.250. The highest BCUT2D eigenvalue weighted by Gasteiger charge is 1.99. The highest BCUT2D eigenvalue weighted by atomic mass is 16.5. The van der Waals surface area contributed by atoms with Crippen molar-refractivity contribution in [3.8, 4) is 5.75 Å². The van der Waals surface area contributed by atoms with E-state index in [9.17, 15) is 0 Å². The first kappa shape index (κ1) is 9.93. The number of pyridine rings is 1. The van der Waals surface area contributed by atoms with Gasteiger partial charge in [-0.25, -0.2) is 0 Å². The Balaban J connectivity index is 2.48. The van der Waals surface area contributed by atoms with E-state index in [0.717, 1.165) is 23.1 Å². The van der Waals surface area contributed by atoms with Gasteiger partial charge < -0.3 is 10.5 Å². The molecule has 1 heterocycles. The Kier molecular flexibility index (Phi) is 2.83. The lowest BCUT2D eigenvalue weighted by Gasteiger charge is -2.04. The summed E-state index contributed by atoms with van der Waals surface area (Å²) in [6.07, 6.45) is 2.74. The van der Waals surface area contributed by atoms with Crippen molar-refractivity contribution in [1.82, 2.24) is 4.98 Å². The molecule has 2 N–H and O–H groups in total. The lowest BCUT2D eigenvalue weighted by molar-refractivity contribution is 0.415. The summed E-state index contributed by atoms with van der Waals surface area (Å²) in [7, 11) is 1.67. The van der Waals surface area contributed by atoms with Gasteiger partial charge in [0, 0.05) is 11.6 Å². The monoisotopic (exact) mass is 202 g/mol. The SMILES string of the molecule is COc1ccc2ncc(CCN)cc2c1. The molecule has 78 valence electrons. The van der Waals surface area contributed by atoms with E-state index in [1.807, 2.05) is 24.4 Å². The second kappa shape index (κ2) is 4.28. The molecule has 0 aliphatic rings. The standard InChI is InChI=1S/C12H14N2O/c1-15-11-2-3-12-10(7-11)6-9(4-5-13)8-14-12/h2-3,6-8H,4-5,13H2,1H3. The zero-order chi connectivity index (χ0) is 10.7. The molecule has 0 amide bonds. The van der Waals surface area contributed by atoms with Gasteiger partial charge in [-0.15, -0.1) is 0 Å². The lowest BCUT2D eigenvalue weighted by Crippen LogP contribution is -2.02. The van der Waals surface area contributed by atoms with E-state index in [0.29, 0.717) is 6.54 Å². The third-order valence-corrected chi connectivity index (χ3v) is 2.38. The molecule has 3 heteroatoms. The number of methoxy groups -OCH3 is 1. The van der Waals surface area contributed by atoms with Gasteiger partial charge in [-0.3, -0.25) is 4.98 Å². The van der Waals surface area contributed by atoms with Gasteiger partial charge in [0.15, 0.2) is 0 Å². The third kappa shape index (κ3) is 2.07. The van der Waals surface area contributed by atoms with Crippen LogP contribution in [0.5, 0.6) is 5.75 Å². The Hall–Kier alpha value is -1.61. The van der Waals surface area contributed by atoms with E-state index in [2.05, 4.69) is 11.1 Å². The van der Waals surface area contributed by atoms with E-state index in [-0.39, 0.29) is 0 Å². The maximum absolute atomic E-state index is 5.51. The molecule has 1 aromatic carbocycles. The number of nitrogens with two attached hydrogens (primary N) is 1. The van der Waals surface area contributed by atoms with Crippen molar-refractivity contribution in [3.05, 3.63) is 36.0 Å². The second-order valence-corrected chi connectivity index (χ2v) is 3.44. The van der Waals surface area contributed by atoms with Crippen molar-refractivity contribution in [2.75, 3.05) is 13.7 Å². The van der Waals surface area contributed by atoms with Crippen LogP contribution in [-0.2, 0) is 6.42 Å². The largest absolute Gasteiger partial charge is 0.497 e. The van der Waals surface area contributed by atoms with E-state index >= 15 is 0 Å². The minimum Gasteiger partial charge on any atom is -0.497 e. The molecule has 15 heavy (non-hydrogen) atoms. The van der Waals surface area contributed by atoms with Gasteiger partial charge >= 0.3 is 0 Å². The van der Waals surface area contributed by atoms with Crippen LogP contribution in [0.4, 0.5) is 0 Å². The first-order valence-electron chi connectivity index (χ1n) is 4.96. The van der Waals surface area contributed by atoms with Crippen LogP contribution < -0.4 is 10.5 Å². The van der Waals surface area contributed by atoms with E-state index < -0.39 is 0 Å². The Morgan fingerprint density at radius 3 is 2.93 bits per heavy atom. The van der Waals surface area contributed by atoms with Crippen LogP contribution >= 0.6 is 0 Å². The van der Waals surface area contributed by atoms with Crippen molar-refractivity contribution in [3.63, 3.8) is 0 Å². The fourth-order valence-corrected chi connectivity index (χ4v) is 1.59. The van der Waals surface area contributed by atoms with E-state index in [1.165, 1.54) is 5.56 Å². The lowest BCUT2D eigenvalue weighted by atomic mass is 10.1. The van der Waals surface area contributed by atoms with Gasteiger partial charge in [-0.1, -0.05) is 0 Å². The molecule has 0 atom stereocenters. The van der Waals surface area contributed by atoms with Gasteiger partial charge in [0.25, 0.3) is 0 Å². The van der Waals surface area contributed by atoms with E-state index in [1.54, 1.807) is 7.11 Å². The summed E-state index contributed by atoms with van der Waals surface area (Å²) in [6, 6.07) is 7.97. The summed E-state index contributed by atoms with van der Waals surface area (Å²) >= 11 is 0. The minimum absolute atomic E-state index is 0.650. The number of hydrogen-bond donors (Lipinski definition) is 1. The highest BCUT2D eigenvalue weighted by Crippen LogP contribution is 2.19. The van der Waals surface area contributed by atoms with Crippen molar-refractivity contribution in [2.45, 2.75) is 6.42 Å². The molecule has 0 aliphatic heterocycles. The molecule has 0 aliphatic carbocycles. The van der Waals surface area contributed by atoms with Gasteiger partial charge in [0.2, 0.25) is 0 Å². The third-order valence-electron chi connectivity index (χ3n) is 2.38. The first-order chi connectivity index (χ1) is 7.33.